The number of H-pyrrole nitrogens is 1. The Hall–Kier alpha value is -2.20. The van der Waals surface area contributed by atoms with Gasteiger partial charge in [0.1, 0.15) is 12.0 Å². The van der Waals surface area contributed by atoms with Gasteiger partial charge in [-0.05, 0) is 25.5 Å². The molecule has 0 fully saturated rings. The fourth-order valence-electron chi connectivity index (χ4n) is 2.36. The maximum Gasteiger partial charge on any atom is 0.141 e. The average Bonchev–Trinajstić information content (AvgIpc) is 2.96. The normalized spacial score (nSPS) is 12.7. The minimum atomic E-state index is 0.117. The Morgan fingerprint density at radius 1 is 1.15 bits per heavy atom. The number of aromatic nitrogens is 3. The predicted molar refractivity (Wildman–Crippen MR) is 79.4 cm³/mol. The summed E-state index contributed by atoms with van der Waals surface area (Å²) in [7, 11) is 0. The van der Waals surface area contributed by atoms with Crippen LogP contribution in [0.2, 0.25) is 0 Å². The SMILES string of the molecule is CCOC(C)c1ccc(-c2ncnc3[nH]ccc23)cc1. The van der Waals surface area contributed by atoms with Crippen LogP contribution in [0.3, 0.4) is 0 Å². The number of aromatic amines is 1. The van der Waals surface area contributed by atoms with Gasteiger partial charge in [0.25, 0.3) is 0 Å². The van der Waals surface area contributed by atoms with Crippen molar-refractivity contribution in [2.75, 3.05) is 6.61 Å². The molecule has 0 spiro atoms. The molecule has 2 heterocycles. The van der Waals surface area contributed by atoms with E-state index in [0.29, 0.717) is 0 Å². The Balaban J connectivity index is 1.97. The van der Waals surface area contributed by atoms with Gasteiger partial charge >= 0.3 is 0 Å². The first-order valence-corrected chi connectivity index (χ1v) is 6.79. The third-order valence-corrected chi connectivity index (χ3v) is 3.42. The number of benzene rings is 1. The standard InChI is InChI=1S/C16H17N3O/c1-3-20-11(2)12-4-6-13(7-5-12)15-14-8-9-17-16(14)19-10-18-15/h4-11H,3H2,1-2H3,(H,17,18,19). The Morgan fingerprint density at radius 3 is 2.70 bits per heavy atom. The summed E-state index contributed by atoms with van der Waals surface area (Å²) in [6.07, 6.45) is 3.59. The van der Waals surface area contributed by atoms with Crippen LogP contribution in [0.25, 0.3) is 22.3 Å². The Labute approximate surface area is 117 Å². The number of hydrogen-bond donors (Lipinski definition) is 1. The van der Waals surface area contributed by atoms with E-state index in [2.05, 4.69) is 46.1 Å². The predicted octanol–water partition coefficient (Wildman–Crippen LogP) is 3.72. The minimum absolute atomic E-state index is 0.117. The van der Waals surface area contributed by atoms with Crippen LogP contribution < -0.4 is 0 Å². The molecule has 1 atom stereocenters. The molecule has 0 amide bonds. The van der Waals surface area contributed by atoms with E-state index >= 15 is 0 Å². The molecular weight excluding hydrogens is 250 g/mol. The molecule has 3 rings (SSSR count). The van der Waals surface area contributed by atoms with Gasteiger partial charge in [-0.3, -0.25) is 0 Å². The maximum atomic E-state index is 5.60. The van der Waals surface area contributed by atoms with E-state index in [0.717, 1.165) is 28.9 Å². The molecule has 2 aromatic heterocycles. The van der Waals surface area contributed by atoms with Crippen molar-refractivity contribution in [3.05, 3.63) is 48.4 Å². The topological polar surface area (TPSA) is 50.8 Å². The van der Waals surface area contributed by atoms with Crippen LogP contribution in [-0.4, -0.2) is 21.6 Å². The van der Waals surface area contributed by atoms with Gasteiger partial charge in [0.15, 0.2) is 0 Å². The van der Waals surface area contributed by atoms with Gasteiger partial charge < -0.3 is 9.72 Å². The number of nitrogens with zero attached hydrogens (tertiary/aromatic N) is 2. The van der Waals surface area contributed by atoms with Crippen LogP contribution in [-0.2, 0) is 4.74 Å². The third kappa shape index (κ3) is 2.30. The monoisotopic (exact) mass is 267 g/mol. The zero-order valence-electron chi connectivity index (χ0n) is 11.6. The molecule has 0 aliphatic rings. The van der Waals surface area contributed by atoms with Gasteiger partial charge in [-0.25, -0.2) is 9.97 Å². The average molecular weight is 267 g/mol. The molecule has 1 aromatic carbocycles. The summed E-state index contributed by atoms with van der Waals surface area (Å²) in [5.41, 5.74) is 4.08. The summed E-state index contributed by atoms with van der Waals surface area (Å²) in [6.45, 7) is 4.79. The smallest absolute Gasteiger partial charge is 0.141 e. The second-order valence-electron chi connectivity index (χ2n) is 4.68. The van der Waals surface area contributed by atoms with Gasteiger partial charge in [0.2, 0.25) is 0 Å². The van der Waals surface area contributed by atoms with Gasteiger partial charge in [-0.15, -0.1) is 0 Å². The van der Waals surface area contributed by atoms with Crippen molar-refractivity contribution >= 4 is 11.0 Å². The zero-order chi connectivity index (χ0) is 13.9. The van der Waals surface area contributed by atoms with Gasteiger partial charge in [0.05, 0.1) is 11.8 Å². The van der Waals surface area contributed by atoms with Crippen LogP contribution in [0.4, 0.5) is 0 Å². The van der Waals surface area contributed by atoms with Crippen molar-refractivity contribution in [3.8, 4) is 11.3 Å². The summed E-state index contributed by atoms with van der Waals surface area (Å²) in [5.74, 6) is 0. The molecule has 0 aliphatic carbocycles. The Morgan fingerprint density at radius 2 is 1.95 bits per heavy atom. The van der Waals surface area contributed by atoms with Gasteiger partial charge in [0, 0.05) is 23.8 Å². The highest BCUT2D eigenvalue weighted by molar-refractivity contribution is 5.90. The molecule has 0 bridgehead atoms. The summed E-state index contributed by atoms with van der Waals surface area (Å²) >= 11 is 0. The van der Waals surface area contributed by atoms with Crippen molar-refractivity contribution < 1.29 is 4.74 Å². The molecule has 4 heteroatoms. The molecule has 0 aliphatic heterocycles. The van der Waals surface area contributed by atoms with E-state index in [1.165, 1.54) is 5.56 Å². The molecule has 4 nitrogen and oxygen atoms in total. The third-order valence-electron chi connectivity index (χ3n) is 3.42. The molecule has 0 radical (unpaired) electrons. The lowest BCUT2D eigenvalue weighted by Gasteiger charge is -2.12. The number of rotatable bonds is 4. The lowest BCUT2D eigenvalue weighted by molar-refractivity contribution is 0.0764. The minimum Gasteiger partial charge on any atom is -0.374 e. The number of nitrogens with one attached hydrogen (secondary N) is 1. The molecule has 1 N–H and O–H groups in total. The highest BCUT2D eigenvalue weighted by Gasteiger charge is 2.09. The first kappa shape index (κ1) is 12.8. The molecule has 0 saturated carbocycles. The number of hydrogen-bond acceptors (Lipinski definition) is 3. The van der Waals surface area contributed by atoms with Crippen LogP contribution in [0.1, 0.15) is 25.5 Å². The summed E-state index contributed by atoms with van der Waals surface area (Å²) in [5, 5.41) is 1.04. The molecule has 1 unspecified atom stereocenters. The first-order valence-electron chi connectivity index (χ1n) is 6.79. The van der Waals surface area contributed by atoms with Gasteiger partial charge in [-0.2, -0.15) is 0 Å². The summed E-state index contributed by atoms with van der Waals surface area (Å²) < 4.78 is 5.60. The largest absolute Gasteiger partial charge is 0.374 e. The van der Waals surface area contributed by atoms with Crippen LogP contribution in [0, 0.1) is 0 Å². The summed E-state index contributed by atoms with van der Waals surface area (Å²) in [4.78, 5) is 11.7. The lowest BCUT2D eigenvalue weighted by Crippen LogP contribution is -1.99. The maximum absolute atomic E-state index is 5.60. The zero-order valence-corrected chi connectivity index (χ0v) is 11.6. The summed E-state index contributed by atoms with van der Waals surface area (Å²) in [6, 6.07) is 10.4. The first-order chi connectivity index (χ1) is 9.79. The highest BCUT2D eigenvalue weighted by Crippen LogP contribution is 2.26. The van der Waals surface area contributed by atoms with Crippen molar-refractivity contribution in [2.45, 2.75) is 20.0 Å². The van der Waals surface area contributed by atoms with Crippen molar-refractivity contribution in [2.24, 2.45) is 0 Å². The van der Waals surface area contributed by atoms with Crippen molar-refractivity contribution in [1.82, 2.24) is 15.0 Å². The Bertz CT molecular complexity index is 703. The molecular formula is C16H17N3O. The molecule has 102 valence electrons. The van der Waals surface area contributed by atoms with Crippen LogP contribution in [0.5, 0.6) is 0 Å². The number of ether oxygens (including phenoxy) is 1. The van der Waals surface area contributed by atoms with Gasteiger partial charge in [-0.1, -0.05) is 24.3 Å². The highest BCUT2D eigenvalue weighted by atomic mass is 16.5. The molecule has 20 heavy (non-hydrogen) atoms. The van der Waals surface area contributed by atoms with Crippen LogP contribution >= 0.6 is 0 Å². The fourth-order valence-corrected chi connectivity index (χ4v) is 2.36. The van der Waals surface area contributed by atoms with E-state index in [-0.39, 0.29) is 6.10 Å². The quantitative estimate of drug-likeness (QED) is 0.783. The van der Waals surface area contributed by atoms with Crippen molar-refractivity contribution in [3.63, 3.8) is 0 Å². The van der Waals surface area contributed by atoms with Crippen molar-refractivity contribution in [1.29, 1.82) is 0 Å². The molecule has 3 aromatic rings. The lowest BCUT2D eigenvalue weighted by atomic mass is 10.0. The molecule has 0 saturated heterocycles. The van der Waals surface area contributed by atoms with E-state index in [1.54, 1.807) is 6.33 Å². The second-order valence-corrected chi connectivity index (χ2v) is 4.68. The van der Waals surface area contributed by atoms with E-state index in [9.17, 15) is 0 Å². The van der Waals surface area contributed by atoms with Crippen LogP contribution in [0.15, 0.2) is 42.9 Å². The Kier molecular flexibility index (Phi) is 3.48. The van der Waals surface area contributed by atoms with E-state index in [4.69, 9.17) is 4.74 Å². The second kappa shape index (κ2) is 5.43. The number of fused-ring (bicyclic) bond motifs is 1. The van der Waals surface area contributed by atoms with E-state index < -0.39 is 0 Å². The fraction of sp³-hybridized carbons (Fsp3) is 0.250. The van der Waals surface area contributed by atoms with E-state index in [1.807, 2.05) is 19.2 Å².